The Balaban J connectivity index is 1.38. The van der Waals surface area contributed by atoms with Crippen LogP contribution in [0.4, 0.5) is 5.69 Å². The minimum atomic E-state index is -3.61. The number of nitrogens with one attached hydrogen (secondary N) is 1. The van der Waals surface area contributed by atoms with Crippen LogP contribution in [0.3, 0.4) is 0 Å². The molecule has 9 nitrogen and oxygen atoms in total. The lowest BCUT2D eigenvalue weighted by Crippen LogP contribution is -2.50. The van der Waals surface area contributed by atoms with Gasteiger partial charge in [0.05, 0.1) is 22.8 Å². The average molecular weight is 526 g/mol. The number of rotatable bonds is 6. The molecule has 3 aromatic rings. The summed E-state index contributed by atoms with van der Waals surface area (Å²) >= 11 is 0. The van der Waals surface area contributed by atoms with E-state index in [2.05, 4.69) is 26.1 Å². The van der Waals surface area contributed by atoms with Gasteiger partial charge in [-0.1, -0.05) is 51.1 Å². The van der Waals surface area contributed by atoms with Gasteiger partial charge < -0.3 is 5.32 Å². The first-order chi connectivity index (χ1) is 17.4. The Morgan fingerprint density at radius 3 is 2.11 bits per heavy atom. The highest BCUT2D eigenvalue weighted by Crippen LogP contribution is 2.25. The second kappa shape index (κ2) is 10.3. The van der Waals surface area contributed by atoms with Gasteiger partial charge in [-0.3, -0.25) is 19.2 Å². The summed E-state index contributed by atoms with van der Waals surface area (Å²) in [4.78, 5) is 28.0. The number of carbonyl (C=O) groups excluding carboxylic acids is 1. The predicted octanol–water partition coefficient (Wildman–Crippen LogP) is 2.73. The van der Waals surface area contributed by atoms with E-state index in [9.17, 15) is 18.0 Å². The van der Waals surface area contributed by atoms with Crippen LogP contribution in [0.1, 0.15) is 32.0 Å². The Labute approximate surface area is 218 Å². The van der Waals surface area contributed by atoms with Gasteiger partial charge in [-0.15, -0.1) is 0 Å². The number of carbonyl (C=O) groups is 1. The van der Waals surface area contributed by atoms with E-state index in [1.54, 1.807) is 30.8 Å². The van der Waals surface area contributed by atoms with E-state index in [1.165, 1.54) is 8.99 Å². The fourth-order valence-electron chi connectivity index (χ4n) is 4.50. The van der Waals surface area contributed by atoms with Crippen LogP contribution in [-0.4, -0.2) is 65.6 Å². The van der Waals surface area contributed by atoms with Gasteiger partial charge in [0.1, 0.15) is 5.69 Å². The van der Waals surface area contributed by atoms with E-state index in [4.69, 9.17) is 0 Å². The van der Waals surface area contributed by atoms with E-state index < -0.39 is 10.0 Å². The minimum Gasteiger partial charge on any atom is -0.319 e. The van der Waals surface area contributed by atoms with Crippen molar-refractivity contribution in [3.63, 3.8) is 0 Å². The molecule has 1 aliphatic heterocycles. The SMILES string of the molecule is Cc1c(NC(=O)CN2CCN(S(=O)(=O)c3ccc(C(C)(C)C)cc3)CC2)c(=O)n(-c2ccccc2)n1C. The summed E-state index contributed by atoms with van der Waals surface area (Å²) in [6, 6.07) is 16.3. The van der Waals surface area contributed by atoms with Crippen molar-refractivity contribution < 1.29 is 13.2 Å². The van der Waals surface area contributed by atoms with Gasteiger partial charge in [0, 0.05) is 33.2 Å². The van der Waals surface area contributed by atoms with Crippen molar-refractivity contribution in [3.8, 4) is 5.69 Å². The highest BCUT2D eigenvalue weighted by Gasteiger charge is 2.30. The average Bonchev–Trinajstić information content (AvgIpc) is 3.07. The lowest BCUT2D eigenvalue weighted by atomic mass is 9.87. The van der Waals surface area contributed by atoms with E-state index >= 15 is 0 Å². The van der Waals surface area contributed by atoms with Crippen LogP contribution in [-0.2, 0) is 27.3 Å². The fraction of sp³-hybridized carbons (Fsp3) is 0.407. The zero-order chi connectivity index (χ0) is 27.0. The Morgan fingerprint density at radius 1 is 0.946 bits per heavy atom. The summed E-state index contributed by atoms with van der Waals surface area (Å²) in [7, 11) is -1.83. The summed E-state index contributed by atoms with van der Waals surface area (Å²) in [6.07, 6.45) is 0. The summed E-state index contributed by atoms with van der Waals surface area (Å²) in [5, 5.41) is 2.77. The van der Waals surface area contributed by atoms with Crippen molar-refractivity contribution in [1.29, 1.82) is 0 Å². The molecule has 2 aromatic carbocycles. The summed E-state index contributed by atoms with van der Waals surface area (Å²) in [5.74, 6) is -0.305. The molecule has 1 saturated heterocycles. The first-order valence-electron chi connectivity index (χ1n) is 12.4. The maximum absolute atomic E-state index is 13.1. The Kier molecular flexibility index (Phi) is 7.45. The number of piperazine rings is 1. The van der Waals surface area contributed by atoms with Crippen LogP contribution >= 0.6 is 0 Å². The van der Waals surface area contributed by atoms with Crippen LogP contribution < -0.4 is 10.9 Å². The fourth-order valence-corrected chi connectivity index (χ4v) is 5.92. The third-order valence-corrected chi connectivity index (χ3v) is 8.79. The molecule has 0 atom stereocenters. The monoisotopic (exact) mass is 525 g/mol. The standard InChI is InChI=1S/C27H35N5O4S/c1-20-25(26(34)32(29(20)5)22-9-7-6-8-10-22)28-24(33)19-30-15-17-31(18-16-30)37(35,36)23-13-11-21(12-14-23)27(2,3)4/h6-14H,15-19H2,1-5H3,(H,28,33). The molecule has 1 fully saturated rings. The lowest BCUT2D eigenvalue weighted by Gasteiger charge is -2.33. The number of benzene rings is 2. The topological polar surface area (TPSA) is 96.7 Å². The zero-order valence-electron chi connectivity index (χ0n) is 22.1. The number of hydrogen-bond donors (Lipinski definition) is 1. The first-order valence-corrected chi connectivity index (χ1v) is 13.8. The van der Waals surface area contributed by atoms with Crippen LogP contribution in [0, 0.1) is 6.92 Å². The Bertz CT molecular complexity index is 1430. The smallest absolute Gasteiger partial charge is 0.295 e. The number of aromatic nitrogens is 2. The van der Waals surface area contributed by atoms with Crippen LogP contribution in [0.15, 0.2) is 64.3 Å². The molecule has 1 N–H and O–H groups in total. The molecular weight excluding hydrogens is 490 g/mol. The number of anilines is 1. The summed E-state index contributed by atoms with van der Waals surface area (Å²) in [5.41, 5.74) is 2.33. The maximum atomic E-state index is 13.1. The van der Waals surface area contributed by atoms with Gasteiger partial charge in [-0.05, 0) is 42.2 Å². The molecular formula is C27H35N5O4S. The maximum Gasteiger partial charge on any atom is 0.295 e. The molecule has 0 saturated carbocycles. The largest absolute Gasteiger partial charge is 0.319 e. The van der Waals surface area contributed by atoms with Gasteiger partial charge in [0.25, 0.3) is 5.56 Å². The van der Waals surface area contributed by atoms with E-state index in [-0.39, 0.29) is 34.0 Å². The zero-order valence-corrected chi connectivity index (χ0v) is 22.9. The molecule has 10 heteroatoms. The normalized spacial score (nSPS) is 15.6. The molecule has 37 heavy (non-hydrogen) atoms. The van der Waals surface area contributed by atoms with Gasteiger partial charge in [0.2, 0.25) is 15.9 Å². The quantitative estimate of drug-likeness (QED) is 0.534. The van der Waals surface area contributed by atoms with Crippen molar-refractivity contribution in [1.82, 2.24) is 18.6 Å². The number of sulfonamides is 1. The van der Waals surface area contributed by atoms with E-state index in [1.807, 2.05) is 47.4 Å². The second-order valence-electron chi connectivity index (χ2n) is 10.4. The molecule has 1 aromatic heterocycles. The van der Waals surface area contributed by atoms with Crippen LogP contribution in [0.25, 0.3) is 5.69 Å². The van der Waals surface area contributed by atoms with Crippen LogP contribution in [0.2, 0.25) is 0 Å². The number of amides is 1. The summed E-state index contributed by atoms with van der Waals surface area (Å²) < 4.78 is 31.0. The molecule has 0 unspecified atom stereocenters. The minimum absolute atomic E-state index is 0.0541. The molecule has 1 aliphatic rings. The van der Waals surface area contributed by atoms with Gasteiger partial charge in [-0.25, -0.2) is 13.1 Å². The summed E-state index contributed by atoms with van der Waals surface area (Å²) in [6.45, 7) is 9.56. The molecule has 1 amide bonds. The van der Waals surface area contributed by atoms with Crippen molar-refractivity contribution >= 4 is 21.6 Å². The number of para-hydroxylation sites is 1. The highest BCUT2D eigenvalue weighted by atomic mass is 32.2. The second-order valence-corrected chi connectivity index (χ2v) is 12.4. The van der Waals surface area contributed by atoms with E-state index in [0.717, 1.165) is 5.56 Å². The van der Waals surface area contributed by atoms with Crippen molar-refractivity contribution in [2.24, 2.45) is 7.05 Å². The number of hydrogen-bond acceptors (Lipinski definition) is 5. The Hall–Kier alpha value is -3.21. The van der Waals surface area contributed by atoms with Gasteiger partial charge in [0.15, 0.2) is 0 Å². The molecule has 0 spiro atoms. The predicted molar refractivity (Wildman–Crippen MR) is 145 cm³/mol. The van der Waals surface area contributed by atoms with E-state index in [0.29, 0.717) is 37.6 Å². The highest BCUT2D eigenvalue weighted by molar-refractivity contribution is 7.89. The van der Waals surface area contributed by atoms with Gasteiger partial charge in [-0.2, -0.15) is 4.31 Å². The Morgan fingerprint density at radius 2 is 1.54 bits per heavy atom. The third kappa shape index (κ3) is 5.56. The lowest BCUT2D eigenvalue weighted by molar-refractivity contribution is -0.117. The molecule has 2 heterocycles. The first kappa shape index (κ1) is 26.8. The molecule has 4 rings (SSSR count). The molecule has 0 bridgehead atoms. The number of nitrogens with zero attached hydrogens (tertiary/aromatic N) is 4. The molecule has 198 valence electrons. The van der Waals surface area contributed by atoms with Crippen molar-refractivity contribution in [3.05, 3.63) is 76.2 Å². The van der Waals surface area contributed by atoms with Gasteiger partial charge >= 0.3 is 0 Å². The van der Waals surface area contributed by atoms with Crippen molar-refractivity contribution in [2.75, 3.05) is 38.0 Å². The third-order valence-electron chi connectivity index (χ3n) is 6.88. The van der Waals surface area contributed by atoms with Crippen LogP contribution in [0.5, 0.6) is 0 Å². The molecule has 0 radical (unpaired) electrons. The molecule has 0 aliphatic carbocycles. The van der Waals surface area contributed by atoms with Crippen molar-refractivity contribution in [2.45, 2.75) is 38.0 Å².